The van der Waals surface area contributed by atoms with Gasteiger partial charge in [0.1, 0.15) is 0 Å². The topological polar surface area (TPSA) is 0 Å². The summed E-state index contributed by atoms with van der Waals surface area (Å²) in [6, 6.07) is 37.1. The van der Waals surface area contributed by atoms with Crippen LogP contribution in [0.25, 0.3) is 42.4 Å². The smallest absolute Gasteiger partial charge is 0.0725 e. The zero-order valence-electron chi connectivity index (χ0n) is 19.9. The molecule has 0 saturated heterocycles. The zero-order chi connectivity index (χ0) is 23.3. The summed E-state index contributed by atoms with van der Waals surface area (Å²) >= 11 is 1.91. The Balaban J connectivity index is 1.64. The van der Waals surface area contributed by atoms with Crippen LogP contribution in [-0.2, 0) is 11.8 Å². The lowest BCUT2D eigenvalue weighted by molar-refractivity contribution is 0.791. The quantitative estimate of drug-likeness (QED) is 0.227. The van der Waals surface area contributed by atoms with Gasteiger partial charge in [-0.25, -0.2) is 0 Å². The van der Waals surface area contributed by atoms with Crippen LogP contribution in [0, 0.1) is 6.92 Å². The van der Waals surface area contributed by atoms with Gasteiger partial charge in [0.05, 0.1) is 5.41 Å². The van der Waals surface area contributed by atoms with E-state index in [-0.39, 0.29) is 5.41 Å². The second kappa shape index (κ2) is 6.71. The zero-order valence-corrected chi connectivity index (χ0v) is 20.7. The van der Waals surface area contributed by atoms with Gasteiger partial charge in [-0.1, -0.05) is 97.4 Å². The minimum Gasteiger partial charge on any atom is -0.135 e. The molecule has 0 N–H and O–H groups in total. The standard InChI is InChI=1S/C34H24S/c1-3-21-13-15-24-29(19-21)34(26-10-6-4-8-22(26)23-14-12-20(2)18-28(23)34)27-16-17-31-33(32(24)27)25-9-5-7-11-30(25)35-31/h4-19H,3H2,1-2H3. The van der Waals surface area contributed by atoms with E-state index in [9.17, 15) is 0 Å². The molecule has 2 aliphatic carbocycles. The van der Waals surface area contributed by atoms with Crippen LogP contribution in [0.2, 0.25) is 0 Å². The molecule has 1 heterocycles. The predicted octanol–water partition coefficient (Wildman–Crippen LogP) is 9.27. The fraction of sp³-hybridized carbons (Fsp3) is 0.118. The Hall–Kier alpha value is -3.68. The van der Waals surface area contributed by atoms with Gasteiger partial charge >= 0.3 is 0 Å². The molecule has 35 heavy (non-hydrogen) atoms. The van der Waals surface area contributed by atoms with Gasteiger partial charge in [-0.05, 0) is 75.5 Å². The van der Waals surface area contributed by atoms with E-state index in [2.05, 4.69) is 111 Å². The first-order valence-corrected chi connectivity index (χ1v) is 13.3. The molecule has 1 atom stereocenters. The van der Waals surface area contributed by atoms with Gasteiger partial charge < -0.3 is 0 Å². The molecule has 5 aromatic carbocycles. The molecule has 1 unspecified atom stereocenters. The Morgan fingerprint density at radius 2 is 1.40 bits per heavy atom. The van der Waals surface area contributed by atoms with Gasteiger partial charge in [0.15, 0.2) is 0 Å². The van der Waals surface area contributed by atoms with Crippen molar-refractivity contribution < 1.29 is 0 Å². The molecule has 1 spiro atoms. The third-order valence-electron chi connectivity index (χ3n) is 8.31. The number of hydrogen-bond acceptors (Lipinski definition) is 1. The van der Waals surface area contributed by atoms with E-state index in [1.165, 1.54) is 75.8 Å². The fourth-order valence-electron chi connectivity index (χ4n) is 6.87. The van der Waals surface area contributed by atoms with E-state index in [0.29, 0.717) is 0 Å². The summed E-state index contributed by atoms with van der Waals surface area (Å²) in [5.74, 6) is 0. The summed E-state index contributed by atoms with van der Waals surface area (Å²) in [7, 11) is 0. The van der Waals surface area contributed by atoms with Crippen LogP contribution in [0.15, 0.2) is 97.1 Å². The molecule has 0 nitrogen and oxygen atoms in total. The normalized spacial score (nSPS) is 17.1. The first kappa shape index (κ1) is 19.6. The molecule has 0 aliphatic heterocycles. The lowest BCUT2D eigenvalue weighted by Gasteiger charge is -2.31. The summed E-state index contributed by atoms with van der Waals surface area (Å²) in [6.45, 7) is 4.49. The highest BCUT2D eigenvalue weighted by Crippen LogP contribution is 2.64. The van der Waals surface area contributed by atoms with Crippen molar-refractivity contribution >= 4 is 31.5 Å². The summed E-state index contributed by atoms with van der Waals surface area (Å²) in [6.07, 6.45) is 1.04. The number of thiophene rings is 1. The summed E-state index contributed by atoms with van der Waals surface area (Å²) in [5, 5.41) is 2.80. The van der Waals surface area contributed by atoms with Gasteiger partial charge in [-0.15, -0.1) is 11.3 Å². The summed E-state index contributed by atoms with van der Waals surface area (Å²) < 4.78 is 2.75. The van der Waals surface area contributed by atoms with Crippen molar-refractivity contribution in [2.75, 3.05) is 0 Å². The molecule has 1 heteroatoms. The van der Waals surface area contributed by atoms with E-state index in [4.69, 9.17) is 0 Å². The van der Waals surface area contributed by atoms with Crippen LogP contribution in [0.3, 0.4) is 0 Å². The van der Waals surface area contributed by atoms with E-state index in [1.807, 2.05) is 11.3 Å². The van der Waals surface area contributed by atoms with Crippen molar-refractivity contribution in [2.45, 2.75) is 25.7 Å². The van der Waals surface area contributed by atoms with Crippen LogP contribution in [-0.4, -0.2) is 0 Å². The van der Waals surface area contributed by atoms with Gasteiger partial charge in [0.2, 0.25) is 0 Å². The molecule has 6 aromatic rings. The van der Waals surface area contributed by atoms with Crippen molar-refractivity contribution in [1.82, 2.24) is 0 Å². The summed E-state index contributed by atoms with van der Waals surface area (Å²) in [5.41, 5.74) is 13.8. The Morgan fingerprint density at radius 1 is 0.629 bits per heavy atom. The molecular formula is C34H24S. The number of benzene rings is 5. The lowest BCUT2D eigenvalue weighted by Crippen LogP contribution is -2.26. The SMILES string of the molecule is CCc1ccc2c(c1)C1(c3ccccc3-c3ccc(C)cc31)c1ccc3sc4ccccc4c3c1-2. The van der Waals surface area contributed by atoms with Gasteiger partial charge in [-0.3, -0.25) is 0 Å². The van der Waals surface area contributed by atoms with Crippen molar-refractivity contribution in [3.05, 3.63) is 130 Å². The predicted molar refractivity (Wildman–Crippen MR) is 150 cm³/mol. The lowest BCUT2D eigenvalue weighted by atomic mass is 9.70. The highest BCUT2D eigenvalue weighted by Gasteiger charge is 2.52. The maximum absolute atomic E-state index is 2.50. The second-order valence-electron chi connectivity index (χ2n) is 10.0. The van der Waals surface area contributed by atoms with E-state index >= 15 is 0 Å². The number of rotatable bonds is 1. The number of hydrogen-bond donors (Lipinski definition) is 0. The Bertz CT molecular complexity index is 1850. The Morgan fingerprint density at radius 3 is 2.31 bits per heavy atom. The van der Waals surface area contributed by atoms with Crippen LogP contribution < -0.4 is 0 Å². The third kappa shape index (κ3) is 2.28. The summed E-state index contributed by atoms with van der Waals surface area (Å²) in [4.78, 5) is 0. The monoisotopic (exact) mass is 464 g/mol. The minimum absolute atomic E-state index is 0.273. The average Bonchev–Trinajstić information content (AvgIpc) is 3.51. The first-order valence-electron chi connectivity index (χ1n) is 12.5. The van der Waals surface area contributed by atoms with Crippen molar-refractivity contribution in [2.24, 2.45) is 0 Å². The van der Waals surface area contributed by atoms with E-state index in [1.54, 1.807) is 0 Å². The van der Waals surface area contributed by atoms with Crippen LogP contribution >= 0.6 is 11.3 Å². The number of aryl methyl sites for hydroxylation is 2. The minimum atomic E-state index is -0.273. The molecule has 2 aliphatic rings. The molecule has 0 radical (unpaired) electrons. The number of fused-ring (bicyclic) bond motifs is 14. The van der Waals surface area contributed by atoms with E-state index in [0.717, 1.165) is 6.42 Å². The van der Waals surface area contributed by atoms with Gasteiger partial charge in [0.25, 0.3) is 0 Å². The highest BCUT2D eigenvalue weighted by atomic mass is 32.1. The van der Waals surface area contributed by atoms with Gasteiger partial charge in [-0.2, -0.15) is 0 Å². The maximum Gasteiger partial charge on any atom is 0.0725 e. The highest BCUT2D eigenvalue weighted by molar-refractivity contribution is 7.26. The third-order valence-corrected chi connectivity index (χ3v) is 9.45. The molecular weight excluding hydrogens is 440 g/mol. The molecule has 1 aromatic heterocycles. The van der Waals surface area contributed by atoms with Crippen LogP contribution in [0.1, 0.15) is 40.3 Å². The van der Waals surface area contributed by atoms with Crippen molar-refractivity contribution in [3.8, 4) is 22.3 Å². The molecule has 8 rings (SSSR count). The van der Waals surface area contributed by atoms with Gasteiger partial charge in [0, 0.05) is 20.2 Å². The Labute approximate surface area is 209 Å². The fourth-order valence-corrected chi connectivity index (χ4v) is 7.98. The molecule has 0 fully saturated rings. The average molecular weight is 465 g/mol. The van der Waals surface area contributed by atoms with E-state index < -0.39 is 0 Å². The van der Waals surface area contributed by atoms with Crippen molar-refractivity contribution in [3.63, 3.8) is 0 Å². The molecule has 0 amide bonds. The van der Waals surface area contributed by atoms with Crippen LogP contribution in [0.5, 0.6) is 0 Å². The van der Waals surface area contributed by atoms with Crippen molar-refractivity contribution in [1.29, 1.82) is 0 Å². The largest absolute Gasteiger partial charge is 0.135 e. The van der Waals surface area contributed by atoms with Crippen LogP contribution in [0.4, 0.5) is 0 Å². The molecule has 0 saturated carbocycles. The first-order chi connectivity index (χ1) is 17.2. The Kier molecular flexibility index (Phi) is 3.76. The second-order valence-corrected chi connectivity index (χ2v) is 11.1. The molecule has 166 valence electrons. The molecule has 0 bridgehead atoms. The maximum atomic E-state index is 2.50.